The topological polar surface area (TPSA) is 58.6 Å². The Morgan fingerprint density at radius 1 is 1.19 bits per heavy atom. The van der Waals surface area contributed by atoms with Crippen LogP contribution in [0.1, 0.15) is 63.3 Å². The quantitative estimate of drug-likeness (QED) is 0.714. The third-order valence-corrected chi connectivity index (χ3v) is 5.51. The van der Waals surface area contributed by atoms with Gasteiger partial charge in [-0.25, -0.2) is 4.39 Å². The molecular weight excluding hydrogens is 395 g/mol. The van der Waals surface area contributed by atoms with Crippen molar-refractivity contribution in [1.82, 2.24) is 10.2 Å². The molecule has 0 bridgehead atoms. The Balaban J connectivity index is 1.98. The van der Waals surface area contributed by atoms with Gasteiger partial charge in [0.2, 0.25) is 5.91 Å². The fraction of sp³-hybridized carbons (Fsp3) is 0.440. The molecule has 5 nitrogen and oxygen atoms in total. The normalized spacial score (nSPS) is 16.6. The maximum atomic E-state index is 14.0. The molecule has 1 aliphatic heterocycles. The summed E-state index contributed by atoms with van der Waals surface area (Å²) in [5, 5.41) is 2.89. The molecule has 0 saturated carbocycles. The van der Waals surface area contributed by atoms with Crippen LogP contribution in [-0.2, 0) is 16.0 Å². The van der Waals surface area contributed by atoms with Crippen molar-refractivity contribution < 1.29 is 18.7 Å². The second-order valence-electron chi connectivity index (χ2n) is 8.19. The van der Waals surface area contributed by atoms with E-state index in [-0.39, 0.29) is 29.7 Å². The van der Waals surface area contributed by atoms with Crippen molar-refractivity contribution in [2.45, 2.75) is 65.1 Å². The molecule has 1 aliphatic rings. The summed E-state index contributed by atoms with van der Waals surface area (Å²) in [5.74, 6) is 0.0997. The first-order valence-corrected chi connectivity index (χ1v) is 11.0. The minimum atomic E-state index is -0.606. The van der Waals surface area contributed by atoms with E-state index >= 15 is 0 Å². The van der Waals surface area contributed by atoms with Gasteiger partial charge in [-0.2, -0.15) is 0 Å². The van der Waals surface area contributed by atoms with Gasteiger partial charge in [-0.3, -0.25) is 9.59 Å². The first kappa shape index (κ1) is 22.8. The van der Waals surface area contributed by atoms with Crippen molar-refractivity contribution in [1.29, 1.82) is 0 Å². The first-order chi connectivity index (χ1) is 14.8. The smallest absolute Gasteiger partial charge is 0.261 e. The number of nitrogens with one attached hydrogen (secondary N) is 1. The lowest BCUT2D eigenvalue weighted by atomic mass is 9.87. The number of nitrogens with zero attached hydrogens (tertiary/aromatic N) is 1. The highest BCUT2D eigenvalue weighted by Gasteiger charge is 2.32. The average Bonchev–Trinajstić information content (AvgIpc) is 2.75. The number of amides is 2. The van der Waals surface area contributed by atoms with Crippen LogP contribution in [0.3, 0.4) is 0 Å². The fourth-order valence-electron chi connectivity index (χ4n) is 4.04. The van der Waals surface area contributed by atoms with Crippen LogP contribution in [0, 0.1) is 5.82 Å². The Bertz CT molecular complexity index is 944. The van der Waals surface area contributed by atoms with E-state index in [0.717, 1.165) is 23.1 Å². The van der Waals surface area contributed by atoms with Gasteiger partial charge in [0.1, 0.15) is 11.6 Å². The minimum Gasteiger partial charge on any atom is -0.481 e. The second-order valence-corrected chi connectivity index (χ2v) is 8.19. The van der Waals surface area contributed by atoms with E-state index in [1.165, 1.54) is 12.1 Å². The Morgan fingerprint density at radius 2 is 1.97 bits per heavy atom. The number of ether oxygens (including phenoxy) is 1. The summed E-state index contributed by atoms with van der Waals surface area (Å²) in [7, 11) is 0. The largest absolute Gasteiger partial charge is 0.481 e. The monoisotopic (exact) mass is 426 g/mol. The number of hydrogen-bond acceptors (Lipinski definition) is 3. The van der Waals surface area contributed by atoms with Crippen LogP contribution in [0.15, 0.2) is 42.5 Å². The van der Waals surface area contributed by atoms with Crippen molar-refractivity contribution in [2.24, 2.45) is 0 Å². The maximum absolute atomic E-state index is 14.0. The number of hydrogen-bond donors (Lipinski definition) is 1. The molecule has 2 amide bonds. The lowest BCUT2D eigenvalue weighted by molar-refractivity contribution is -0.133. The van der Waals surface area contributed by atoms with Gasteiger partial charge in [0.05, 0.1) is 6.04 Å². The van der Waals surface area contributed by atoms with E-state index < -0.39 is 6.10 Å². The summed E-state index contributed by atoms with van der Waals surface area (Å²) in [6.45, 7) is 8.13. The first-order valence-electron chi connectivity index (χ1n) is 11.0. The number of benzene rings is 2. The number of rotatable bonds is 7. The summed E-state index contributed by atoms with van der Waals surface area (Å²) in [5.41, 5.74) is 2.74. The highest BCUT2D eigenvalue weighted by Crippen LogP contribution is 2.38. The molecule has 1 N–H and O–H groups in total. The molecule has 3 rings (SSSR count). The second kappa shape index (κ2) is 9.94. The third-order valence-electron chi connectivity index (χ3n) is 5.51. The van der Waals surface area contributed by atoms with E-state index in [1.807, 2.05) is 56.9 Å². The molecule has 1 heterocycles. The van der Waals surface area contributed by atoms with Crippen molar-refractivity contribution in [3.05, 3.63) is 65.0 Å². The lowest BCUT2D eigenvalue weighted by Crippen LogP contribution is -2.41. The molecule has 0 radical (unpaired) electrons. The van der Waals surface area contributed by atoms with E-state index in [2.05, 4.69) is 5.32 Å². The predicted molar refractivity (Wildman–Crippen MR) is 118 cm³/mol. The van der Waals surface area contributed by atoms with E-state index in [9.17, 15) is 14.0 Å². The summed E-state index contributed by atoms with van der Waals surface area (Å²) in [6, 6.07) is 11.8. The van der Waals surface area contributed by atoms with Crippen LogP contribution < -0.4 is 10.1 Å². The summed E-state index contributed by atoms with van der Waals surface area (Å²) < 4.78 is 20.1. The fourth-order valence-corrected chi connectivity index (χ4v) is 4.04. The minimum absolute atomic E-state index is 0.0222. The SMILES string of the molecule is CCC(=O)N1CCc2ccc(O[C@H](CC)C(=O)NC(C)C)cc2[C@@H]1c1cccc(F)c1. The number of carbonyl (C=O) groups is 2. The van der Waals surface area contributed by atoms with E-state index in [4.69, 9.17) is 4.74 Å². The third kappa shape index (κ3) is 5.24. The van der Waals surface area contributed by atoms with Crippen LogP contribution in [-0.4, -0.2) is 35.4 Å². The highest BCUT2D eigenvalue weighted by molar-refractivity contribution is 5.81. The average molecular weight is 427 g/mol. The maximum Gasteiger partial charge on any atom is 0.261 e. The van der Waals surface area contributed by atoms with Gasteiger partial charge in [0, 0.05) is 19.0 Å². The van der Waals surface area contributed by atoms with Crippen LogP contribution in [0.25, 0.3) is 0 Å². The number of carbonyl (C=O) groups excluding carboxylic acids is 2. The number of fused-ring (bicyclic) bond motifs is 1. The molecular formula is C25H31FN2O3. The zero-order chi connectivity index (χ0) is 22.5. The molecule has 2 aromatic carbocycles. The molecule has 166 valence electrons. The number of halogens is 1. The molecule has 2 aromatic rings. The molecule has 2 atom stereocenters. The van der Waals surface area contributed by atoms with Crippen molar-refractivity contribution in [3.8, 4) is 5.75 Å². The van der Waals surface area contributed by atoms with E-state index in [0.29, 0.717) is 25.1 Å². The van der Waals surface area contributed by atoms with Gasteiger partial charge in [-0.15, -0.1) is 0 Å². The Morgan fingerprint density at radius 3 is 2.61 bits per heavy atom. The van der Waals surface area contributed by atoms with Crippen LogP contribution >= 0.6 is 0 Å². The Kier molecular flexibility index (Phi) is 7.31. The lowest BCUT2D eigenvalue weighted by Gasteiger charge is -2.38. The van der Waals surface area contributed by atoms with Gasteiger partial charge in [-0.05, 0) is 67.6 Å². The van der Waals surface area contributed by atoms with Gasteiger partial charge in [0.15, 0.2) is 6.10 Å². The van der Waals surface area contributed by atoms with Crippen molar-refractivity contribution >= 4 is 11.8 Å². The Hall–Kier alpha value is -2.89. The zero-order valence-corrected chi connectivity index (χ0v) is 18.7. The van der Waals surface area contributed by atoms with Crippen molar-refractivity contribution in [2.75, 3.05) is 6.54 Å². The molecule has 0 unspecified atom stereocenters. The highest BCUT2D eigenvalue weighted by atomic mass is 19.1. The van der Waals surface area contributed by atoms with Crippen LogP contribution in [0.5, 0.6) is 5.75 Å². The van der Waals surface area contributed by atoms with Gasteiger partial charge in [-0.1, -0.05) is 32.0 Å². The molecule has 0 aromatic heterocycles. The standard InChI is InChI=1S/C25H31FN2O3/c1-5-22(25(30)27-16(3)4)31-20-11-10-17-12-13-28(23(29)6-2)24(21(17)15-20)18-8-7-9-19(26)14-18/h7-11,14-16,22,24H,5-6,12-13H2,1-4H3,(H,27,30)/t22-,24+/m1/s1. The van der Waals surface area contributed by atoms with Gasteiger partial charge < -0.3 is 15.0 Å². The van der Waals surface area contributed by atoms with E-state index in [1.54, 1.807) is 6.07 Å². The van der Waals surface area contributed by atoms with Crippen molar-refractivity contribution in [3.63, 3.8) is 0 Å². The van der Waals surface area contributed by atoms with Crippen LogP contribution in [0.2, 0.25) is 0 Å². The molecule has 6 heteroatoms. The van der Waals surface area contributed by atoms with Gasteiger partial charge in [0.25, 0.3) is 5.91 Å². The summed E-state index contributed by atoms with van der Waals surface area (Å²) in [6.07, 6.45) is 1.02. The summed E-state index contributed by atoms with van der Waals surface area (Å²) >= 11 is 0. The Labute approximate surface area is 183 Å². The molecule has 0 aliphatic carbocycles. The molecule has 31 heavy (non-hydrogen) atoms. The molecule has 0 fully saturated rings. The van der Waals surface area contributed by atoms with Gasteiger partial charge >= 0.3 is 0 Å². The summed E-state index contributed by atoms with van der Waals surface area (Å²) in [4.78, 5) is 27.0. The van der Waals surface area contributed by atoms with Crippen LogP contribution in [0.4, 0.5) is 4.39 Å². The zero-order valence-electron chi connectivity index (χ0n) is 18.7. The predicted octanol–water partition coefficient (Wildman–Crippen LogP) is 4.39. The molecule has 0 saturated heterocycles. The molecule has 0 spiro atoms.